The Bertz CT molecular complexity index is 885. The van der Waals surface area contributed by atoms with Crippen molar-refractivity contribution in [3.63, 3.8) is 0 Å². The molecule has 0 atom stereocenters. The summed E-state index contributed by atoms with van der Waals surface area (Å²) < 4.78 is 25.5. The fourth-order valence-electron chi connectivity index (χ4n) is 2.64. The van der Waals surface area contributed by atoms with E-state index in [2.05, 4.69) is 5.32 Å². The van der Waals surface area contributed by atoms with Crippen LogP contribution in [0.2, 0.25) is 0 Å². The minimum Gasteiger partial charge on any atom is -0.325 e. The molecule has 0 spiro atoms. The van der Waals surface area contributed by atoms with Gasteiger partial charge < -0.3 is 5.32 Å². The third-order valence-corrected chi connectivity index (χ3v) is 5.11. The van der Waals surface area contributed by atoms with E-state index in [0.717, 1.165) is 32.8 Å². The van der Waals surface area contributed by atoms with E-state index in [4.69, 9.17) is 0 Å². The lowest BCUT2D eigenvalue weighted by Gasteiger charge is -2.23. The Hall–Kier alpha value is -2.34. The summed E-state index contributed by atoms with van der Waals surface area (Å²) in [4.78, 5) is 12.4. The number of benzene rings is 2. The van der Waals surface area contributed by atoms with Crippen LogP contribution in [0.1, 0.15) is 22.3 Å². The van der Waals surface area contributed by atoms with Gasteiger partial charge >= 0.3 is 0 Å². The Morgan fingerprint density at radius 1 is 0.960 bits per heavy atom. The van der Waals surface area contributed by atoms with Gasteiger partial charge in [-0.1, -0.05) is 12.1 Å². The average Bonchev–Trinajstić information content (AvgIpc) is 2.46. The van der Waals surface area contributed by atoms with Gasteiger partial charge in [0.25, 0.3) is 0 Å². The number of hydrogen-bond donors (Lipinski definition) is 1. The van der Waals surface area contributed by atoms with Crippen LogP contribution in [-0.2, 0) is 14.8 Å². The summed E-state index contributed by atoms with van der Waals surface area (Å²) in [7, 11) is -3.58. The number of aryl methyl sites for hydroxylation is 4. The molecule has 0 aliphatic heterocycles. The molecule has 0 aliphatic rings. The van der Waals surface area contributed by atoms with Gasteiger partial charge in [0.15, 0.2) is 0 Å². The van der Waals surface area contributed by atoms with Crippen molar-refractivity contribution in [1.29, 1.82) is 0 Å². The Morgan fingerprint density at radius 2 is 1.56 bits per heavy atom. The molecule has 0 heterocycles. The first-order valence-electron chi connectivity index (χ1n) is 7.99. The highest BCUT2D eigenvalue weighted by molar-refractivity contribution is 7.92. The molecule has 6 heteroatoms. The van der Waals surface area contributed by atoms with Crippen LogP contribution in [0, 0.1) is 27.7 Å². The molecule has 2 aromatic carbocycles. The predicted molar refractivity (Wildman–Crippen MR) is 103 cm³/mol. The molecule has 2 rings (SSSR count). The lowest BCUT2D eigenvalue weighted by atomic mass is 10.1. The molecule has 0 saturated heterocycles. The van der Waals surface area contributed by atoms with Gasteiger partial charge in [-0.3, -0.25) is 9.10 Å². The van der Waals surface area contributed by atoms with E-state index in [0.29, 0.717) is 11.4 Å². The van der Waals surface area contributed by atoms with E-state index >= 15 is 0 Å². The Balaban J connectivity index is 2.25. The second kappa shape index (κ2) is 7.27. The Kier molecular flexibility index (Phi) is 5.52. The molecule has 25 heavy (non-hydrogen) atoms. The van der Waals surface area contributed by atoms with E-state index in [1.165, 1.54) is 0 Å². The summed E-state index contributed by atoms with van der Waals surface area (Å²) >= 11 is 0. The summed E-state index contributed by atoms with van der Waals surface area (Å²) in [5, 5.41) is 2.77. The predicted octanol–water partition coefficient (Wildman–Crippen LogP) is 3.32. The molecule has 0 aliphatic carbocycles. The first-order chi connectivity index (χ1) is 11.6. The smallest absolute Gasteiger partial charge is 0.245 e. The lowest BCUT2D eigenvalue weighted by Crippen LogP contribution is -2.37. The maximum atomic E-state index is 12.4. The number of carbonyl (C=O) groups is 1. The summed E-state index contributed by atoms with van der Waals surface area (Å²) in [6.45, 7) is 7.47. The van der Waals surface area contributed by atoms with Crippen LogP contribution >= 0.6 is 0 Å². The van der Waals surface area contributed by atoms with Crippen molar-refractivity contribution in [3.05, 3.63) is 58.7 Å². The molecule has 0 unspecified atom stereocenters. The fraction of sp³-hybridized carbons (Fsp3) is 0.316. The molecular formula is C19H24N2O3S. The molecule has 0 fully saturated rings. The van der Waals surface area contributed by atoms with Crippen molar-refractivity contribution in [1.82, 2.24) is 0 Å². The van der Waals surface area contributed by atoms with Crippen LogP contribution in [0.25, 0.3) is 0 Å². The van der Waals surface area contributed by atoms with Crippen molar-refractivity contribution in [3.8, 4) is 0 Å². The number of nitrogens with zero attached hydrogens (tertiary/aromatic N) is 1. The van der Waals surface area contributed by atoms with Gasteiger partial charge in [-0.15, -0.1) is 0 Å². The maximum absolute atomic E-state index is 12.4. The first-order valence-corrected chi connectivity index (χ1v) is 9.84. The van der Waals surface area contributed by atoms with Crippen LogP contribution in [0.3, 0.4) is 0 Å². The largest absolute Gasteiger partial charge is 0.325 e. The number of nitrogens with one attached hydrogen (secondary N) is 1. The van der Waals surface area contributed by atoms with E-state index in [1.807, 2.05) is 52.0 Å². The van der Waals surface area contributed by atoms with Gasteiger partial charge in [0, 0.05) is 5.69 Å². The lowest BCUT2D eigenvalue weighted by molar-refractivity contribution is -0.114. The minimum atomic E-state index is -3.58. The fourth-order valence-corrected chi connectivity index (χ4v) is 3.48. The van der Waals surface area contributed by atoms with Crippen molar-refractivity contribution < 1.29 is 13.2 Å². The second-order valence-electron chi connectivity index (χ2n) is 6.46. The van der Waals surface area contributed by atoms with E-state index in [9.17, 15) is 13.2 Å². The van der Waals surface area contributed by atoms with Crippen molar-refractivity contribution in [2.45, 2.75) is 27.7 Å². The van der Waals surface area contributed by atoms with Gasteiger partial charge in [-0.25, -0.2) is 8.42 Å². The summed E-state index contributed by atoms with van der Waals surface area (Å²) in [5.41, 5.74) is 5.23. The highest BCUT2D eigenvalue weighted by Gasteiger charge is 2.21. The van der Waals surface area contributed by atoms with E-state index in [1.54, 1.807) is 12.1 Å². The van der Waals surface area contributed by atoms with Gasteiger partial charge in [0.1, 0.15) is 6.54 Å². The highest BCUT2D eigenvalue weighted by atomic mass is 32.2. The standard InChI is InChI=1S/C19H24N2O3S/c1-13-8-14(2)10-18(9-13)21(25(5,23)24)12-19(22)20-17-7-6-15(3)16(4)11-17/h6-11H,12H2,1-5H3,(H,20,22). The Morgan fingerprint density at radius 3 is 2.08 bits per heavy atom. The summed E-state index contributed by atoms with van der Waals surface area (Å²) in [6.07, 6.45) is 1.11. The highest BCUT2D eigenvalue weighted by Crippen LogP contribution is 2.21. The second-order valence-corrected chi connectivity index (χ2v) is 8.37. The van der Waals surface area contributed by atoms with Crippen molar-refractivity contribution >= 4 is 27.3 Å². The molecule has 0 saturated carbocycles. The zero-order valence-electron chi connectivity index (χ0n) is 15.3. The number of carbonyl (C=O) groups excluding carboxylic acids is 1. The summed E-state index contributed by atoms with van der Waals surface area (Å²) in [6, 6.07) is 11.1. The third kappa shape index (κ3) is 5.06. The number of rotatable bonds is 5. The minimum absolute atomic E-state index is 0.269. The van der Waals surface area contributed by atoms with Gasteiger partial charge in [-0.2, -0.15) is 0 Å². The maximum Gasteiger partial charge on any atom is 0.245 e. The number of hydrogen-bond acceptors (Lipinski definition) is 3. The van der Waals surface area contributed by atoms with Gasteiger partial charge in [0.05, 0.1) is 11.9 Å². The monoisotopic (exact) mass is 360 g/mol. The van der Waals surface area contributed by atoms with Gasteiger partial charge in [0.2, 0.25) is 15.9 Å². The average molecular weight is 360 g/mol. The number of anilines is 2. The molecular weight excluding hydrogens is 336 g/mol. The first kappa shape index (κ1) is 19.0. The quantitative estimate of drug-likeness (QED) is 0.889. The number of sulfonamides is 1. The molecule has 2 aromatic rings. The molecule has 5 nitrogen and oxygen atoms in total. The molecule has 134 valence electrons. The zero-order valence-corrected chi connectivity index (χ0v) is 16.1. The van der Waals surface area contributed by atoms with Crippen LogP contribution < -0.4 is 9.62 Å². The van der Waals surface area contributed by atoms with Crippen LogP contribution in [0.4, 0.5) is 11.4 Å². The third-order valence-electron chi connectivity index (χ3n) is 3.97. The van der Waals surface area contributed by atoms with Crippen molar-refractivity contribution in [2.75, 3.05) is 22.4 Å². The molecule has 1 N–H and O–H groups in total. The molecule has 0 radical (unpaired) electrons. The molecule has 0 aromatic heterocycles. The van der Waals surface area contributed by atoms with Gasteiger partial charge in [-0.05, 0) is 74.2 Å². The molecule has 1 amide bonds. The van der Waals surface area contributed by atoms with Crippen LogP contribution in [0.15, 0.2) is 36.4 Å². The number of amides is 1. The van der Waals surface area contributed by atoms with E-state index < -0.39 is 10.0 Å². The normalized spacial score (nSPS) is 11.2. The van der Waals surface area contributed by atoms with Crippen LogP contribution in [0.5, 0.6) is 0 Å². The zero-order chi connectivity index (χ0) is 18.8. The SMILES string of the molecule is Cc1cc(C)cc(N(CC(=O)Nc2ccc(C)c(C)c2)S(C)(=O)=O)c1. The van der Waals surface area contributed by atoms with Crippen molar-refractivity contribution in [2.24, 2.45) is 0 Å². The summed E-state index contributed by atoms with van der Waals surface area (Å²) in [5.74, 6) is -0.382. The Labute approximate surface area is 149 Å². The molecule has 0 bridgehead atoms. The van der Waals surface area contributed by atoms with E-state index in [-0.39, 0.29) is 12.5 Å². The topological polar surface area (TPSA) is 66.5 Å². The van der Waals surface area contributed by atoms with Crippen LogP contribution in [-0.4, -0.2) is 27.1 Å².